The molecule has 0 radical (unpaired) electrons. The third kappa shape index (κ3) is 6.92. The Morgan fingerprint density at radius 1 is 0.968 bits per heavy atom. The Kier molecular flexibility index (Phi) is 9.05. The number of nitrogens with zero attached hydrogens (tertiary/aromatic N) is 2. The molecule has 6 nitrogen and oxygen atoms in total. The maximum atomic E-state index is 13.2. The van der Waals surface area contributed by atoms with E-state index < -0.39 is 30.7 Å². The Labute approximate surface area is 201 Å². The summed E-state index contributed by atoms with van der Waals surface area (Å²) in [7, 11) is 1.59. The predicted molar refractivity (Wildman–Crippen MR) is 122 cm³/mol. The molecular formula is C18H19Br2ClF2N2O4S2. The number of sulfonamides is 1. The fraction of sp³-hybridized carbons (Fsp3) is 0.333. The van der Waals surface area contributed by atoms with E-state index >= 15 is 0 Å². The van der Waals surface area contributed by atoms with Crippen molar-refractivity contribution in [3.8, 4) is 0 Å². The zero-order chi connectivity index (χ0) is 23.6. The van der Waals surface area contributed by atoms with Gasteiger partial charge in [0.25, 0.3) is 9.05 Å². The van der Waals surface area contributed by atoms with Crippen LogP contribution in [0.5, 0.6) is 0 Å². The highest BCUT2D eigenvalue weighted by Crippen LogP contribution is 2.26. The van der Waals surface area contributed by atoms with Crippen molar-refractivity contribution in [3.05, 3.63) is 57.0 Å². The molecule has 3 rings (SSSR count). The van der Waals surface area contributed by atoms with Crippen LogP contribution in [0.4, 0.5) is 8.78 Å². The second-order valence-electron chi connectivity index (χ2n) is 6.86. The van der Waals surface area contributed by atoms with Crippen molar-refractivity contribution in [1.82, 2.24) is 9.21 Å². The van der Waals surface area contributed by atoms with Crippen LogP contribution in [0.25, 0.3) is 0 Å². The molecule has 0 N–H and O–H groups in total. The first-order valence-corrected chi connectivity index (χ1v) is 14.1. The minimum Gasteiger partial charge on any atom is -0.305 e. The van der Waals surface area contributed by atoms with Gasteiger partial charge in [0, 0.05) is 29.8 Å². The summed E-state index contributed by atoms with van der Waals surface area (Å²) in [5, 5.41) is 0. The zero-order valence-corrected chi connectivity index (χ0v) is 22.0. The van der Waals surface area contributed by atoms with Crippen LogP contribution in [-0.2, 0) is 19.1 Å². The first kappa shape index (κ1) is 26.6. The Hall–Kier alpha value is -0.630. The van der Waals surface area contributed by atoms with Crippen molar-refractivity contribution < 1.29 is 25.6 Å². The number of likely N-dealkylation sites (N-methyl/N-ethyl adjacent to an activating group) is 1. The Morgan fingerprint density at radius 3 is 1.87 bits per heavy atom. The van der Waals surface area contributed by atoms with E-state index in [1.807, 2.05) is 19.0 Å². The smallest absolute Gasteiger partial charge is 0.261 e. The predicted octanol–water partition coefficient (Wildman–Crippen LogP) is 4.43. The first-order valence-electron chi connectivity index (χ1n) is 8.75. The maximum absolute atomic E-state index is 13.2. The summed E-state index contributed by atoms with van der Waals surface area (Å²) < 4.78 is 73.8. The number of hydrogen-bond donors (Lipinski definition) is 0. The largest absolute Gasteiger partial charge is 0.305 e. The van der Waals surface area contributed by atoms with Gasteiger partial charge in [-0.05, 0) is 88.8 Å². The van der Waals surface area contributed by atoms with E-state index in [4.69, 9.17) is 10.7 Å². The second-order valence-corrected chi connectivity index (χ2v) is 13.1. The average Bonchev–Trinajstić information content (AvgIpc) is 3.17. The zero-order valence-electron chi connectivity index (χ0n) is 16.4. The summed E-state index contributed by atoms with van der Waals surface area (Å²) in [6.07, 6.45) is 0.814. The molecule has 1 atom stereocenters. The van der Waals surface area contributed by atoms with Crippen LogP contribution in [0.2, 0.25) is 0 Å². The molecule has 0 amide bonds. The van der Waals surface area contributed by atoms with Gasteiger partial charge >= 0.3 is 0 Å². The van der Waals surface area contributed by atoms with E-state index in [2.05, 4.69) is 31.9 Å². The van der Waals surface area contributed by atoms with Gasteiger partial charge in [0.1, 0.15) is 11.6 Å². The van der Waals surface area contributed by atoms with Crippen LogP contribution >= 0.6 is 42.5 Å². The van der Waals surface area contributed by atoms with Gasteiger partial charge in [-0.2, -0.15) is 4.31 Å². The van der Waals surface area contributed by atoms with Gasteiger partial charge in [-0.1, -0.05) is 0 Å². The lowest BCUT2D eigenvalue weighted by atomic mass is 10.2. The van der Waals surface area contributed by atoms with Gasteiger partial charge < -0.3 is 4.90 Å². The molecule has 0 aliphatic carbocycles. The fourth-order valence-corrected chi connectivity index (χ4v) is 6.12. The van der Waals surface area contributed by atoms with Crippen LogP contribution in [0, 0.1) is 11.6 Å². The van der Waals surface area contributed by atoms with Gasteiger partial charge in [-0.15, -0.1) is 0 Å². The molecule has 1 unspecified atom stereocenters. The summed E-state index contributed by atoms with van der Waals surface area (Å²) >= 11 is 5.86. The van der Waals surface area contributed by atoms with E-state index in [9.17, 15) is 25.6 Å². The van der Waals surface area contributed by atoms with Crippen LogP contribution in [0.3, 0.4) is 0 Å². The van der Waals surface area contributed by atoms with E-state index in [0.29, 0.717) is 13.1 Å². The topological polar surface area (TPSA) is 74.8 Å². The summed E-state index contributed by atoms with van der Waals surface area (Å²) in [6.45, 7) is 0.977. The van der Waals surface area contributed by atoms with Crippen molar-refractivity contribution in [2.24, 2.45) is 0 Å². The Balaban J connectivity index is 0.000000245. The van der Waals surface area contributed by atoms with Crippen LogP contribution in [-0.4, -0.2) is 59.3 Å². The third-order valence-electron chi connectivity index (χ3n) is 4.56. The Bertz CT molecular complexity index is 1170. The molecule has 0 aromatic heterocycles. The van der Waals surface area contributed by atoms with Crippen molar-refractivity contribution >= 4 is 61.6 Å². The van der Waals surface area contributed by atoms with Crippen molar-refractivity contribution in [2.45, 2.75) is 22.3 Å². The van der Waals surface area contributed by atoms with Gasteiger partial charge in [-0.25, -0.2) is 25.6 Å². The quantitative estimate of drug-likeness (QED) is 0.471. The Morgan fingerprint density at radius 2 is 1.45 bits per heavy atom. The van der Waals surface area contributed by atoms with Gasteiger partial charge in [0.15, 0.2) is 0 Å². The van der Waals surface area contributed by atoms with Gasteiger partial charge in [0.05, 0.1) is 18.7 Å². The fourth-order valence-electron chi connectivity index (χ4n) is 2.77. The van der Waals surface area contributed by atoms with Gasteiger partial charge in [0.2, 0.25) is 10.0 Å². The highest BCUT2D eigenvalue weighted by molar-refractivity contribution is 9.10. The lowest BCUT2D eigenvalue weighted by Crippen LogP contribution is -2.34. The number of benzene rings is 2. The molecule has 0 bridgehead atoms. The normalized spacial score (nSPS) is 17.5. The molecule has 2 aromatic rings. The molecule has 172 valence electrons. The highest BCUT2D eigenvalue weighted by atomic mass is 79.9. The number of halogens is 5. The van der Waals surface area contributed by atoms with Crippen LogP contribution in [0.1, 0.15) is 6.42 Å². The third-order valence-corrected chi connectivity index (χ3v) is 8.99. The maximum Gasteiger partial charge on any atom is 0.261 e. The first-order chi connectivity index (χ1) is 14.2. The van der Waals surface area contributed by atoms with Crippen molar-refractivity contribution in [1.29, 1.82) is 0 Å². The molecule has 0 spiro atoms. The molecule has 1 aliphatic heterocycles. The summed E-state index contributed by atoms with van der Waals surface area (Å²) in [5.74, 6) is -0.995. The molecule has 1 aliphatic rings. The van der Waals surface area contributed by atoms with Crippen molar-refractivity contribution in [2.75, 3.05) is 27.2 Å². The SMILES string of the molecule is CN(C)C1CCN(S(=O)(=O)c2ccc(F)c(Br)c2)C1.O=S(=O)(Cl)c1ccc(F)c(Br)c1. The summed E-state index contributed by atoms with van der Waals surface area (Å²) in [4.78, 5) is 2.02. The van der Waals surface area contributed by atoms with Gasteiger partial charge in [-0.3, -0.25) is 0 Å². The summed E-state index contributed by atoms with van der Waals surface area (Å²) in [6, 6.07) is 7.25. The molecule has 1 fully saturated rings. The molecule has 2 aromatic carbocycles. The summed E-state index contributed by atoms with van der Waals surface area (Å²) in [5.41, 5.74) is 0. The average molecular weight is 625 g/mol. The van der Waals surface area contributed by atoms with Crippen LogP contribution < -0.4 is 0 Å². The monoisotopic (exact) mass is 622 g/mol. The molecule has 31 heavy (non-hydrogen) atoms. The molecule has 13 heteroatoms. The van der Waals surface area contributed by atoms with E-state index in [1.165, 1.54) is 16.4 Å². The number of rotatable bonds is 4. The molecule has 1 saturated heterocycles. The van der Waals surface area contributed by atoms with Crippen molar-refractivity contribution in [3.63, 3.8) is 0 Å². The minimum absolute atomic E-state index is 0.0734. The van der Waals surface area contributed by atoms with E-state index in [1.54, 1.807) is 0 Å². The molecule has 1 heterocycles. The highest BCUT2D eigenvalue weighted by Gasteiger charge is 2.33. The van der Waals surface area contributed by atoms with E-state index in [-0.39, 0.29) is 24.8 Å². The number of hydrogen-bond acceptors (Lipinski definition) is 5. The van der Waals surface area contributed by atoms with E-state index in [0.717, 1.165) is 30.7 Å². The lowest BCUT2D eigenvalue weighted by molar-refractivity contribution is 0.302. The standard InChI is InChI=1S/C12H16BrFN2O2S.C6H3BrClFO2S/c1-15(2)9-5-6-16(8-9)19(17,18)10-3-4-12(14)11(13)7-10;7-5-3-4(12(8,10)11)1-2-6(5)9/h3-4,7,9H,5-6,8H2,1-2H3;1-3H. The van der Waals surface area contributed by atoms with Crippen LogP contribution in [0.15, 0.2) is 55.1 Å². The molecule has 0 saturated carbocycles. The molecular weight excluding hydrogens is 606 g/mol. The second kappa shape index (κ2) is 10.5. The minimum atomic E-state index is -3.77. The lowest BCUT2D eigenvalue weighted by Gasteiger charge is -2.20.